The first kappa shape index (κ1) is 24.8. The number of benzene rings is 2. The number of hydrogen-bond donors (Lipinski definition) is 0. The summed E-state index contributed by atoms with van der Waals surface area (Å²) in [6, 6.07) is 11.4. The number of fused-ring (bicyclic) bond motifs is 3. The standard InChI is InChI=1S/C26H30N4O4S/c1-7-17-8-10-21-19(12-17)23-24(27-26(29-28-23)35-14-15(2)3)34-25(30(21)16(4)31)20-13-18(32-5)9-11-22(20)33-6/h8-13,15,25H,7,14H2,1-6H3/t25-/m0/s1. The first-order valence-corrected chi connectivity index (χ1v) is 12.5. The molecule has 0 saturated carbocycles. The average Bonchev–Trinajstić information content (AvgIpc) is 3.00. The van der Waals surface area contributed by atoms with Gasteiger partial charge in [-0.3, -0.25) is 9.69 Å². The minimum atomic E-state index is -0.857. The van der Waals surface area contributed by atoms with E-state index in [1.807, 2.05) is 24.3 Å². The van der Waals surface area contributed by atoms with Gasteiger partial charge in [0.2, 0.25) is 23.2 Å². The molecule has 0 bridgehead atoms. The van der Waals surface area contributed by atoms with E-state index < -0.39 is 6.23 Å². The van der Waals surface area contributed by atoms with E-state index in [0.29, 0.717) is 45.4 Å². The van der Waals surface area contributed by atoms with Crippen molar-refractivity contribution in [2.24, 2.45) is 5.92 Å². The molecule has 2 heterocycles. The summed E-state index contributed by atoms with van der Waals surface area (Å²) in [6.45, 7) is 7.87. The predicted octanol–water partition coefficient (Wildman–Crippen LogP) is 5.31. The Kier molecular flexibility index (Phi) is 7.45. The average molecular weight is 495 g/mol. The summed E-state index contributed by atoms with van der Waals surface area (Å²) < 4.78 is 17.6. The van der Waals surface area contributed by atoms with Crippen LogP contribution in [0.4, 0.5) is 5.69 Å². The number of ether oxygens (including phenoxy) is 3. The zero-order valence-corrected chi connectivity index (χ0v) is 21.7. The highest BCUT2D eigenvalue weighted by Crippen LogP contribution is 2.46. The van der Waals surface area contributed by atoms with Gasteiger partial charge in [-0.25, -0.2) is 0 Å². The smallest absolute Gasteiger partial charge is 0.247 e. The summed E-state index contributed by atoms with van der Waals surface area (Å²) in [6.07, 6.45) is -0.0236. The van der Waals surface area contributed by atoms with Gasteiger partial charge in [-0.2, -0.15) is 4.98 Å². The molecule has 1 amide bonds. The maximum absolute atomic E-state index is 13.1. The number of carbonyl (C=O) groups is 1. The Bertz CT molecular complexity index is 1230. The molecule has 8 nitrogen and oxygen atoms in total. The van der Waals surface area contributed by atoms with Gasteiger partial charge in [-0.1, -0.05) is 38.6 Å². The van der Waals surface area contributed by atoms with Crippen LogP contribution in [0.25, 0.3) is 11.3 Å². The maximum Gasteiger partial charge on any atom is 0.247 e. The molecule has 3 aromatic rings. The molecule has 9 heteroatoms. The number of aromatic nitrogens is 3. The largest absolute Gasteiger partial charge is 0.497 e. The lowest BCUT2D eigenvalue weighted by molar-refractivity contribution is -0.118. The molecule has 1 aliphatic rings. The second-order valence-electron chi connectivity index (χ2n) is 8.63. The summed E-state index contributed by atoms with van der Waals surface area (Å²) in [5.74, 6) is 2.63. The summed E-state index contributed by atoms with van der Waals surface area (Å²) in [5.41, 5.74) is 3.66. The Labute approximate surface area is 210 Å². The normalized spacial score (nSPS) is 14.6. The van der Waals surface area contributed by atoms with E-state index in [2.05, 4.69) is 31.0 Å². The Morgan fingerprint density at radius 3 is 2.60 bits per heavy atom. The minimum Gasteiger partial charge on any atom is -0.497 e. The van der Waals surface area contributed by atoms with Crippen molar-refractivity contribution in [2.75, 3.05) is 24.9 Å². The van der Waals surface area contributed by atoms with Crippen LogP contribution in [0.3, 0.4) is 0 Å². The zero-order valence-electron chi connectivity index (χ0n) is 20.9. The van der Waals surface area contributed by atoms with E-state index in [9.17, 15) is 4.79 Å². The van der Waals surface area contributed by atoms with Crippen LogP contribution in [-0.2, 0) is 11.2 Å². The Balaban J connectivity index is 1.95. The van der Waals surface area contributed by atoms with E-state index >= 15 is 0 Å². The van der Waals surface area contributed by atoms with Crippen molar-refractivity contribution in [1.29, 1.82) is 0 Å². The fourth-order valence-corrected chi connectivity index (χ4v) is 4.64. The number of carbonyl (C=O) groups excluding carboxylic acids is 1. The highest BCUT2D eigenvalue weighted by molar-refractivity contribution is 7.99. The highest BCUT2D eigenvalue weighted by atomic mass is 32.2. The fraction of sp³-hybridized carbons (Fsp3) is 0.385. The van der Waals surface area contributed by atoms with Crippen molar-refractivity contribution in [1.82, 2.24) is 15.2 Å². The lowest BCUT2D eigenvalue weighted by atomic mass is 10.0. The van der Waals surface area contributed by atoms with Crippen molar-refractivity contribution >= 4 is 23.4 Å². The van der Waals surface area contributed by atoms with Crippen LogP contribution in [0.2, 0.25) is 0 Å². The molecule has 0 unspecified atom stereocenters. The number of aryl methyl sites for hydroxylation is 1. The van der Waals surface area contributed by atoms with Gasteiger partial charge < -0.3 is 14.2 Å². The molecule has 2 aromatic carbocycles. The molecule has 0 radical (unpaired) electrons. The zero-order chi connectivity index (χ0) is 25.1. The molecule has 4 rings (SSSR count). The molecular weight excluding hydrogens is 464 g/mol. The Morgan fingerprint density at radius 1 is 1.14 bits per heavy atom. The van der Waals surface area contributed by atoms with Crippen molar-refractivity contribution in [3.8, 4) is 28.6 Å². The van der Waals surface area contributed by atoms with Gasteiger partial charge in [0, 0.05) is 18.2 Å². The van der Waals surface area contributed by atoms with Crippen LogP contribution >= 0.6 is 11.8 Å². The Morgan fingerprint density at radius 2 is 1.94 bits per heavy atom. The maximum atomic E-state index is 13.1. The van der Waals surface area contributed by atoms with Gasteiger partial charge in [0.15, 0.2) is 5.69 Å². The molecular formula is C26H30N4O4S. The summed E-state index contributed by atoms with van der Waals surface area (Å²) in [7, 11) is 3.18. The number of anilines is 1. The first-order chi connectivity index (χ1) is 16.9. The van der Waals surface area contributed by atoms with Gasteiger partial charge in [0.25, 0.3) is 0 Å². The SMILES string of the molecule is CCc1ccc2c(c1)-c1nnc(SCC(C)C)nc1O[C@@H](c1cc(OC)ccc1OC)N2C(C)=O. The van der Waals surface area contributed by atoms with Crippen LogP contribution in [0.1, 0.15) is 45.0 Å². The molecule has 1 atom stereocenters. The van der Waals surface area contributed by atoms with Crippen LogP contribution in [0, 0.1) is 5.92 Å². The number of thioether (sulfide) groups is 1. The number of methoxy groups -OCH3 is 2. The van der Waals surface area contributed by atoms with Gasteiger partial charge >= 0.3 is 0 Å². The molecule has 0 saturated heterocycles. The summed E-state index contributed by atoms with van der Waals surface area (Å²) >= 11 is 1.53. The summed E-state index contributed by atoms with van der Waals surface area (Å²) in [5, 5.41) is 9.41. The molecule has 0 spiro atoms. The summed E-state index contributed by atoms with van der Waals surface area (Å²) in [4.78, 5) is 19.4. The number of rotatable bonds is 7. The molecule has 184 valence electrons. The number of nitrogens with zero attached hydrogens (tertiary/aromatic N) is 4. The van der Waals surface area contributed by atoms with E-state index in [4.69, 9.17) is 19.2 Å². The third kappa shape index (κ3) is 5.05. The van der Waals surface area contributed by atoms with Crippen molar-refractivity contribution in [2.45, 2.75) is 45.5 Å². The lowest BCUT2D eigenvalue weighted by Crippen LogP contribution is -2.36. The van der Waals surface area contributed by atoms with Crippen molar-refractivity contribution in [3.63, 3.8) is 0 Å². The third-order valence-corrected chi connectivity index (χ3v) is 6.93. The molecule has 0 N–H and O–H groups in total. The molecule has 0 aliphatic carbocycles. The lowest BCUT2D eigenvalue weighted by Gasteiger charge is -2.31. The minimum absolute atomic E-state index is 0.194. The first-order valence-electron chi connectivity index (χ1n) is 11.5. The number of hydrogen-bond acceptors (Lipinski definition) is 8. The highest BCUT2D eigenvalue weighted by Gasteiger charge is 2.36. The van der Waals surface area contributed by atoms with E-state index in [1.54, 1.807) is 31.3 Å². The van der Waals surface area contributed by atoms with E-state index in [-0.39, 0.29) is 5.91 Å². The quantitative estimate of drug-likeness (QED) is 0.409. The topological polar surface area (TPSA) is 86.7 Å². The van der Waals surface area contributed by atoms with Crippen LogP contribution in [0.5, 0.6) is 17.4 Å². The van der Waals surface area contributed by atoms with E-state index in [1.165, 1.54) is 18.7 Å². The molecule has 1 aliphatic heterocycles. The second-order valence-corrected chi connectivity index (χ2v) is 9.61. The van der Waals surface area contributed by atoms with Crippen molar-refractivity contribution < 1.29 is 19.0 Å². The molecule has 35 heavy (non-hydrogen) atoms. The van der Waals surface area contributed by atoms with Crippen LogP contribution < -0.4 is 19.1 Å². The van der Waals surface area contributed by atoms with E-state index in [0.717, 1.165) is 23.3 Å². The fourth-order valence-electron chi connectivity index (χ4n) is 3.91. The molecule has 1 aromatic heterocycles. The third-order valence-electron chi connectivity index (χ3n) is 5.66. The van der Waals surface area contributed by atoms with Gasteiger partial charge in [-0.05, 0) is 48.2 Å². The second kappa shape index (κ2) is 10.5. The van der Waals surface area contributed by atoms with Gasteiger partial charge in [-0.15, -0.1) is 10.2 Å². The molecule has 0 fully saturated rings. The van der Waals surface area contributed by atoms with Crippen LogP contribution in [0.15, 0.2) is 41.6 Å². The monoisotopic (exact) mass is 494 g/mol. The van der Waals surface area contributed by atoms with Crippen molar-refractivity contribution in [3.05, 3.63) is 47.5 Å². The predicted molar refractivity (Wildman–Crippen MR) is 136 cm³/mol. The Hall–Kier alpha value is -3.33. The van der Waals surface area contributed by atoms with Gasteiger partial charge in [0.1, 0.15) is 11.5 Å². The van der Waals surface area contributed by atoms with Crippen LogP contribution in [-0.4, -0.2) is 41.1 Å². The van der Waals surface area contributed by atoms with Gasteiger partial charge in [0.05, 0.1) is 25.5 Å². The number of amides is 1.